The van der Waals surface area contributed by atoms with Crippen molar-refractivity contribution in [2.75, 3.05) is 20.8 Å². The molecule has 0 saturated heterocycles. The Bertz CT molecular complexity index is 849. The predicted octanol–water partition coefficient (Wildman–Crippen LogP) is 3.74. The molecule has 0 saturated carbocycles. The number of nitrogens with one attached hydrogen (secondary N) is 1. The summed E-state index contributed by atoms with van der Waals surface area (Å²) in [6.45, 7) is 1.35. The standard InChI is InChI=1S/C19H20ClN3O3/c1-24-16-5-3-4-14(18(16)25-2)12-21-11-10-17-22-19(23-26-17)13-6-8-15(20)9-7-13/h3-9,21H,10-12H2,1-2H3. The van der Waals surface area contributed by atoms with Crippen LogP contribution >= 0.6 is 11.6 Å². The van der Waals surface area contributed by atoms with Crippen LogP contribution in [0, 0.1) is 0 Å². The SMILES string of the molecule is COc1cccc(CNCCc2nc(-c3ccc(Cl)cc3)no2)c1OC. The highest BCUT2D eigenvalue weighted by atomic mass is 35.5. The number of halogens is 1. The van der Waals surface area contributed by atoms with Gasteiger partial charge in [-0.2, -0.15) is 4.98 Å². The highest BCUT2D eigenvalue weighted by Crippen LogP contribution is 2.30. The number of para-hydroxylation sites is 1. The molecule has 136 valence electrons. The second-order valence-corrected chi connectivity index (χ2v) is 6.03. The third-order valence-corrected chi connectivity index (χ3v) is 4.14. The van der Waals surface area contributed by atoms with Crippen LogP contribution in [0.3, 0.4) is 0 Å². The maximum absolute atomic E-state index is 5.89. The fraction of sp³-hybridized carbons (Fsp3) is 0.263. The molecule has 1 N–H and O–H groups in total. The van der Waals surface area contributed by atoms with Gasteiger partial charge in [0.15, 0.2) is 11.5 Å². The lowest BCUT2D eigenvalue weighted by molar-refractivity contribution is 0.350. The Morgan fingerprint density at radius 1 is 1.08 bits per heavy atom. The van der Waals surface area contributed by atoms with Crippen LogP contribution in [-0.2, 0) is 13.0 Å². The fourth-order valence-corrected chi connectivity index (χ4v) is 2.71. The third-order valence-electron chi connectivity index (χ3n) is 3.89. The lowest BCUT2D eigenvalue weighted by atomic mass is 10.2. The zero-order valence-electron chi connectivity index (χ0n) is 14.7. The summed E-state index contributed by atoms with van der Waals surface area (Å²) in [5.74, 6) is 2.60. The van der Waals surface area contributed by atoms with Gasteiger partial charge >= 0.3 is 0 Å². The van der Waals surface area contributed by atoms with E-state index in [1.807, 2.05) is 30.3 Å². The van der Waals surface area contributed by atoms with Crippen LogP contribution in [-0.4, -0.2) is 30.9 Å². The Kier molecular flexibility index (Phi) is 6.09. The molecule has 0 spiro atoms. The summed E-state index contributed by atoms with van der Waals surface area (Å²) in [6.07, 6.45) is 0.632. The van der Waals surface area contributed by atoms with E-state index in [-0.39, 0.29) is 0 Å². The number of hydrogen-bond donors (Lipinski definition) is 1. The van der Waals surface area contributed by atoms with Crippen LogP contribution < -0.4 is 14.8 Å². The first-order chi connectivity index (χ1) is 12.7. The summed E-state index contributed by atoms with van der Waals surface area (Å²) in [7, 11) is 3.26. The van der Waals surface area contributed by atoms with Gasteiger partial charge in [0.05, 0.1) is 14.2 Å². The molecule has 0 aliphatic heterocycles. The van der Waals surface area contributed by atoms with Gasteiger partial charge in [0, 0.05) is 35.7 Å². The molecule has 0 amide bonds. The van der Waals surface area contributed by atoms with Crippen molar-refractivity contribution in [1.82, 2.24) is 15.5 Å². The lowest BCUT2D eigenvalue weighted by Crippen LogP contribution is -2.17. The molecule has 0 aliphatic carbocycles. The summed E-state index contributed by atoms with van der Waals surface area (Å²) in [4.78, 5) is 4.41. The highest BCUT2D eigenvalue weighted by molar-refractivity contribution is 6.30. The van der Waals surface area contributed by atoms with E-state index in [0.29, 0.717) is 36.2 Å². The maximum atomic E-state index is 5.89. The van der Waals surface area contributed by atoms with Crippen molar-refractivity contribution < 1.29 is 14.0 Å². The van der Waals surface area contributed by atoms with Crippen LogP contribution in [0.1, 0.15) is 11.5 Å². The molecule has 7 heteroatoms. The van der Waals surface area contributed by atoms with Crippen molar-refractivity contribution in [2.24, 2.45) is 0 Å². The third kappa shape index (κ3) is 4.33. The minimum atomic E-state index is 0.561. The molecule has 1 aromatic heterocycles. The van der Waals surface area contributed by atoms with Crippen LogP contribution in [0.5, 0.6) is 11.5 Å². The molecule has 0 radical (unpaired) electrons. The van der Waals surface area contributed by atoms with E-state index in [2.05, 4.69) is 15.5 Å². The van der Waals surface area contributed by atoms with E-state index < -0.39 is 0 Å². The van der Waals surface area contributed by atoms with Gasteiger partial charge in [-0.1, -0.05) is 28.9 Å². The van der Waals surface area contributed by atoms with E-state index in [4.69, 9.17) is 25.6 Å². The summed E-state index contributed by atoms with van der Waals surface area (Å²) < 4.78 is 16.0. The zero-order chi connectivity index (χ0) is 18.4. The van der Waals surface area contributed by atoms with E-state index in [1.54, 1.807) is 26.4 Å². The first kappa shape index (κ1) is 18.2. The fourth-order valence-electron chi connectivity index (χ4n) is 2.58. The largest absolute Gasteiger partial charge is 0.493 e. The Morgan fingerprint density at radius 3 is 2.62 bits per heavy atom. The molecule has 0 bridgehead atoms. The van der Waals surface area contributed by atoms with Crippen molar-refractivity contribution in [1.29, 1.82) is 0 Å². The first-order valence-electron chi connectivity index (χ1n) is 8.20. The number of methoxy groups -OCH3 is 2. The van der Waals surface area contributed by atoms with E-state index >= 15 is 0 Å². The van der Waals surface area contributed by atoms with E-state index in [0.717, 1.165) is 22.6 Å². The molecule has 2 aromatic carbocycles. The monoisotopic (exact) mass is 373 g/mol. The normalized spacial score (nSPS) is 10.7. The van der Waals surface area contributed by atoms with Crippen molar-refractivity contribution >= 4 is 11.6 Å². The van der Waals surface area contributed by atoms with Crippen molar-refractivity contribution in [3.8, 4) is 22.9 Å². The molecule has 0 fully saturated rings. The smallest absolute Gasteiger partial charge is 0.228 e. The van der Waals surface area contributed by atoms with Crippen LogP contribution in [0.2, 0.25) is 5.02 Å². The van der Waals surface area contributed by atoms with Gasteiger partial charge < -0.3 is 19.3 Å². The first-order valence-corrected chi connectivity index (χ1v) is 8.58. The van der Waals surface area contributed by atoms with E-state index in [1.165, 1.54) is 0 Å². The van der Waals surface area contributed by atoms with Gasteiger partial charge in [-0.3, -0.25) is 0 Å². The Hall–Kier alpha value is -2.57. The molecule has 26 heavy (non-hydrogen) atoms. The second-order valence-electron chi connectivity index (χ2n) is 5.60. The van der Waals surface area contributed by atoms with Crippen LogP contribution in [0.15, 0.2) is 47.0 Å². The van der Waals surface area contributed by atoms with Gasteiger partial charge in [-0.05, 0) is 30.3 Å². The van der Waals surface area contributed by atoms with Crippen LogP contribution in [0.25, 0.3) is 11.4 Å². The Labute approximate surface area is 157 Å². The number of ether oxygens (including phenoxy) is 2. The maximum Gasteiger partial charge on any atom is 0.228 e. The summed E-state index contributed by atoms with van der Waals surface area (Å²) in [6, 6.07) is 13.1. The molecule has 3 rings (SSSR count). The minimum Gasteiger partial charge on any atom is -0.493 e. The number of nitrogens with zero attached hydrogens (tertiary/aromatic N) is 2. The van der Waals surface area contributed by atoms with Gasteiger partial charge in [-0.25, -0.2) is 0 Å². The highest BCUT2D eigenvalue weighted by Gasteiger charge is 2.10. The minimum absolute atomic E-state index is 0.561. The quantitative estimate of drug-likeness (QED) is 0.606. The van der Waals surface area contributed by atoms with Gasteiger partial charge in [0.2, 0.25) is 11.7 Å². The Balaban J connectivity index is 1.54. The molecule has 3 aromatic rings. The zero-order valence-corrected chi connectivity index (χ0v) is 15.4. The van der Waals surface area contributed by atoms with Crippen LogP contribution in [0.4, 0.5) is 0 Å². The van der Waals surface area contributed by atoms with E-state index in [9.17, 15) is 0 Å². The van der Waals surface area contributed by atoms with Crippen molar-refractivity contribution in [3.05, 3.63) is 58.9 Å². The Morgan fingerprint density at radius 2 is 1.88 bits per heavy atom. The second kappa shape index (κ2) is 8.69. The van der Waals surface area contributed by atoms with Gasteiger partial charge in [-0.15, -0.1) is 0 Å². The average molecular weight is 374 g/mol. The summed E-state index contributed by atoms with van der Waals surface area (Å²) in [5, 5.41) is 8.04. The van der Waals surface area contributed by atoms with Gasteiger partial charge in [0.1, 0.15) is 0 Å². The summed E-state index contributed by atoms with van der Waals surface area (Å²) in [5.41, 5.74) is 1.90. The number of rotatable bonds is 8. The average Bonchev–Trinajstić information content (AvgIpc) is 3.14. The molecule has 0 unspecified atom stereocenters. The molecule has 0 atom stereocenters. The predicted molar refractivity (Wildman–Crippen MR) is 99.7 cm³/mol. The molecule has 1 heterocycles. The molecular formula is C19H20ClN3O3. The van der Waals surface area contributed by atoms with Crippen molar-refractivity contribution in [3.63, 3.8) is 0 Å². The lowest BCUT2D eigenvalue weighted by Gasteiger charge is -2.12. The molecule has 0 aliphatic rings. The van der Waals surface area contributed by atoms with Crippen molar-refractivity contribution in [2.45, 2.75) is 13.0 Å². The molecular weight excluding hydrogens is 354 g/mol. The topological polar surface area (TPSA) is 69.4 Å². The summed E-state index contributed by atoms with van der Waals surface area (Å²) >= 11 is 5.89. The number of benzene rings is 2. The number of aromatic nitrogens is 2. The number of hydrogen-bond acceptors (Lipinski definition) is 6. The van der Waals surface area contributed by atoms with Gasteiger partial charge in [0.25, 0.3) is 0 Å². The molecule has 6 nitrogen and oxygen atoms in total.